The zero-order valence-corrected chi connectivity index (χ0v) is 11.1. The fourth-order valence-corrected chi connectivity index (χ4v) is 2.14. The van der Waals surface area contributed by atoms with E-state index in [4.69, 9.17) is 9.47 Å². The summed E-state index contributed by atoms with van der Waals surface area (Å²) in [6.45, 7) is 1.76. The Bertz CT molecular complexity index is 404. The number of aliphatic hydroxyl groups excluding tert-OH is 1. The second-order valence-corrected chi connectivity index (χ2v) is 4.95. The number of ether oxygens (including phenoxy) is 2. The van der Waals surface area contributed by atoms with Crippen LogP contribution in [0.4, 0.5) is 0 Å². The van der Waals surface area contributed by atoms with E-state index in [-0.39, 0.29) is 0 Å². The Balaban J connectivity index is 1.81. The number of nitrogens with one attached hydrogen (secondary N) is 1. The first-order valence-electron chi connectivity index (χ1n) is 6.46. The molecule has 1 fully saturated rings. The van der Waals surface area contributed by atoms with Crippen LogP contribution < -0.4 is 10.1 Å². The van der Waals surface area contributed by atoms with Crippen molar-refractivity contribution in [3.8, 4) is 5.75 Å². The highest BCUT2D eigenvalue weighted by atomic mass is 16.5. The Morgan fingerprint density at radius 3 is 3.05 bits per heavy atom. The van der Waals surface area contributed by atoms with Gasteiger partial charge in [0.15, 0.2) is 0 Å². The Morgan fingerprint density at radius 1 is 1.53 bits per heavy atom. The molecule has 0 bridgehead atoms. The molecule has 0 saturated carbocycles. The van der Waals surface area contributed by atoms with Gasteiger partial charge in [0, 0.05) is 26.1 Å². The summed E-state index contributed by atoms with van der Waals surface area (Å²) in [6, 6.07) is 7.33. The van der Waals surface area contributed by atoms with Gasteiger partial charge < -0.3 is 25.0 Å². The first-order valence-corrected chi connectivity index (χ1v) is 6.46. The highest BCUT2D eigenvalue weighted by Gasteiger charge is 2.31. The van der Waals surface area contributed by atoms with Gasteiger partial charge >= 0.3 is 0 Å². The van der Waals surface area contributed by atoms with E-state index in [1.807, 2.05) is 18.2 Å². The minimum absolute atomic E-state index is 0.356. The van der Waals surface area contributed by atoms with Crippen LogP contribution in [0.25, 0.3) is 0 Å². The lowest BCUT2D eigenvalue weighted by Crippen LogP contribution is -2.42. The van der Waals surface area contributed by atoms with Gasteiger partial charge in [0.2, 0.25) is 0 Å². The Hall–Kier alpha value is -1.14. The van der Waals surface area contributed by atoms with Crippen molar-refractivity contribution in [2.75, 3.05) is 33.4 Å². The van der Waals surface area contributed by atoms with Gasteiger partial charge in [0.1, 0.15) is 11.4 Å². The maximum atomic E-state index is 10.1. The van der Waals surface area contributed by atoms with E-state index in [1.54, 1.807) is 13.2 Å². The Labute approximate surface area is 113 Å². The van der Waals surface area contributed by atoms with Crippen LogP contribution in [0, 0.1) is 0 Å². The summed E-state index contributed by atoms with van der Waals surface area (Å²) in [5, 5.41) is 23.2. The Kier molecular flexibility index (Phi) is 4.76. The molecule has 1 saturated heterocycles. The lowest BCUT2D eigenvalue weighted by Gasteiger charge is -2.22. The molecule has 2 atom stereocenters. The lowest BCUT2D eigenvalue weighted by molar-refractivity contribution is 0.0244. The maximum Gasteiger partial charge on any atom is 0.119 e. The molecule has 0 amide bonds. The molecule has 0 aromatic heterocycles. The lowest BCUT2D eigenvalue weighted by atomic mass is 10.0. The van der Waals surface area contributed by atoms with Crippen LogP contribution >= 0.6 is 0 Å². The molecule has 19 heavy (non-hydrogen) atoms. The van der Waals surface area contributed by atoms with Gasteiger partial charge in [-0.3, -0.25) is 0 Å². The third kappa shape index (κ3) is 3.91. The van der Waals surface area contributed by atoms with E-state index in [2.05, 4.69) is 5.32 Å². The molecule has 2 rings (SSSR count). The zero-order valence-electron chi connectivity index (χ0n) is 11.1. The largest absolute Gasteiger partial charge is 0.497 e. The predicted octanol–water partition coefficient (Wildman–Crippen LogP) is 0.470. The second kappa shape index (κ2) is 6.34. The van der Waals surface area contributed by atoms with Crippen molar-refractivity contribution in [3.05, 3.63) is 29.8 Å². The molecule has 1 aromatic carbocycles. The number of hydrogen-bond donors (Lipinski definition) is 3. The standard InChI is InChI=1S/C14H21NO4/c1-18-12-4-2-3-11(7-12)13(16)8-15-9-14(17)5-6-19-10-14/h2-4,7,13,15-17H,5-6,8-10H2,1H3. The zero-order chi connectivity index (χ0) is 13.7. The second-order valence-electron chi connectivity index (χ2n) is 4.95. The van der Waals surface area contributed by atoms with Crippen molar-refractivity contribution in [3.63, 3.8) is 0 Å². The van der Waals surface area contributed by atoms with Gasteiger partial charge in [-0.1, -0.05) is 12.1 Å². The molecule has 1 heterocycles. The first-order chi connectivity index (χ1) is 9.13. The SMILES string of the molecule is COc1cccc(C(O)CNCC2(O)CCOC2)c1. The molecule has 1 aliphatic heterocycles. The van der Waals surface area contributed by atoms with Crippen molar-refractivity contribution in [2.45, 2.75) is 18.1 Å². The highest BCUT2D eigenvalue weighted by molar-refractivity contribution is 5.29. The number of benzene rings is 1. The van der Waals surface area contributed by atoms with Crippen LogP contribution in [0.1, 0.15) is 18.1 Å². The smallest absolute Gasteiger partial charge is 0.119 e. The van der Waals surface area contributed by atoms with Gasteiger partial charge in [-0.2, -0.15) is 0 Å². The van der Waals surface area contributed by atoms with E-state index >= 15 is 0 Å². The number of rotatable bonds is 6. The molecule has 5 heteroatoms. The van der Waals surface area contributed by atoms with Crippen LogP contribution in [0.15, 0.2) is 24.3 Å². The molecule has 5 nitrogen and oxygen atoms in total. The first kappa shape index (κ1) is 14.3. The molecule has 1 aliphatic rings. The summed E-state index contributed by atoms with van der Waals surface area (Å²) in [5.41, 5.74) is -0.00446. The van der Waals surface area contributed by atoms with Crippen LogP contribution in [-0.4, -0.2) is 49.2 Å². The summed E-state index contributed by atoms with van der Waals surface area (Å²) in [5.74, 6) is 0.722. The molecule has 106 valence electrons. The van der Waals surface area contributed by atoms with Crippen LogP contribution in [0.2, 0.25) is 0 Å². The monoisotopic (exact) mass is 267 g/mol. The maximum absolute atomic E-state index is 10.1. The van der Waals surface area contributed by atoms with Crippen LogP contribution in [-0.2, 0) is 4.74 Å². The van der Waals surface area contributed by atoms with Crippen molar-refractivity contribution >= 4 is 0 Å². The van der Waals surface area contributed by atoms with E-state index in [9.17, 15) is 10.2 Å². The fraction of sp³-hybridized carbons (Fsp3) is 0.571. The summed E-state index contributed by atoms with van der Waals surface area (Å²) in [4.78, 5) is 0. The van der Waals surface area contributed by atoms with Crippen molar-refractivity contribution < 1.29 is 19.7 Å². The molecule has 2 unspecified atom stereocenters. The van der Waals surface area contributed by atoms with E-state index in [0.29, 0.717) is 32.7 Å². The van der Waals surface area contributed by atoms with Gasteiger partial charge in [-0.15, -0.1) is 0 Å². The fourth-order valence-electron chi connectivity index (χ4n) is 2.14. The van der Waals surface area contributed by atoms with Crippen LogP contribution in [0.3, 0.4) is 0 Å². The molecule has 0 spiro atoms. The molecular weight excluding hydrogens is 246 g/mol. The minimum atomic E-state index is -0.798. The molecule has 1 aromatic rings. The van der Waals surface area contributed by atoms with E-state index in [1.165, 1.54) is 0 Å². The Morgan fingerprint density at radius 2 is 2.37 bits per heavy atom. The van der Waals surface area contributed by atoms with Crippen LogP contribution in [0.5, 0.6) is 5.75 Å². The molecule has 0 radical (unpaired) electrons. The average molecular weight is 267 g/mol. The molecule has 0 aliphatic carbocycles. The van der Waals surface area contributed by atoms with Gasteiger partial charge in [-0.05, 0) is 17.7 Å². The number of hydrogen-bond acceptors (Lipinski definition) is 5. The summed E-state index contributed by atoms with van der Waals surface area (Å²) in [6.07, 6.45) is 0.0101. The summed E-state index contributed by atoms with van der Waals surface area (Å²) in [7, 11) is 1.60. The number of aliphatic hydroxyl groups is 2. The summed E-state index contributed by atoms with van der Waals surface area (Å²) >= 11 is 0. The predicted molar refractivity (Wildman–Crippen MR) is 71.2 cm³/mol. The normalized spacial score (nSPS) is 24.4. The third-order valence-electron chi connectivity index (χ3n) is 3.35. The highest BCUT2D eigenvalue weighted by Crippen LogP contribution is 2.20. The van der Waals surface area contributed by atoms with Gasteiger partial charge in [0.05, 0.1) is 19.8 Å². The van der Waals surface area contributed by atoms with Gasteiger partial charge in [0.25, 0.3) is 0 Å². The van der Waals surface area contributed by atoms with Crippen molar-refractivity contribution in [1.29, 1.82) is 0 Å². The van der Waals surface area contributed by atoms with Gasteiger partial charge in [-0.25, -0.2) is 0 Å². The quantitative estimate of drug-likeness (QED) is 0.699. The van der Waals surface area contributed by atoms with Crippen molar-refractivity contribution in [2.24, 2.45) is 0 Å². The third-order valence-corrected chi connectivity index (χ3v) is 3.35. The van der Waals surface area contributed by atoms with E-state index in [0.717, 1.165) is 11.3 Å². The molecular formula is C14H21NO4. The minimum Gasteiger partial charge on any atom is -0.497 e. The van der Waals surface area contributed by atoms with Crippen molar-refractivity contribution in [1.82, 2.24) is 5.32 Å². The van der Waals surface area contributed by atoms with E-state index < -0.39 is 11.7 Å². The number of methoxy groups -OCH3 is 1. The topological polar surface area (TPSA) is 71.0 Å². The molecule has 3 N–H and O–H groups in total. The average Bonchev–Trinajstić information content (AvgIpc) is 2.85. The summed E-state index contributed by atoms with van der Waals surface area (Å²) < 4.78 is 10.3.